The Morgan fingerprint density at radius 1 is 1.29 bits per heavy atom. The van der Waals surface area contributed by atoms with Crippen molar-refractivity contribution in [2.75, 3.05) is 13.7 Å². The number of hydrogen-bond donors (Lipinski definition) is 1. The Hall–Kier alpha value is -1.16. The van der Waals surface area contributed by atoms with E-state index in [0.717, 1.165) is 25.1 Å². The zero-order valence-corrected chi connectivity index (χ0v) is 11.2. The first-order valence-corrected chi connectivity index (χ1v) is 6.27. The summed E-state index contributed by atoms with van der Waals surface area (Å²) in [6, 6.07) is 0.221. The molecule has 0 aromatic carbocycles. The van der Waals surface area contributed by atoms with Gasteiger partial charge in [-0.25, -0.2) is 4.98 Å². The number of nitrogens with one attached hydrogen (secondary N) is 1. The third-order valence-electron chi connectivity index (χ3n) is 2.56. The van der Waals surface area contributed by atoms with Gasteiger partial charge in [-0.2, -0.15) is 0 Å². The first kappa shape index (κ1) is 13.9. The third-order valence-corrected chi connectivity index (χ3v) is 2.56. The Morgan fingerprint density at radius 3 is 2.59 bits per heavy atom. The summed E-state index contributed by atoms with van der Waals surface area (Å²) in [5.41, 5.74) is 0.914. The summed E-state index contributed by atoms with van der Waals surface area (Å²) in [4.78, 5) is 8.61. The van der Waals surface area contributed by atoms with Gasteiger partial charge in [-0.15, -0.1) is 0 Å². The van der Waals surface area contributed by atoms with E-state index >= 15 is 0 Å². The summed E-state index contributed by atoms with van der Waals surface area (Å²) in [6.07, 6.45) is 5.53. The lowest BCUT2D eigenvalue weighted by atomic mass is 10.0. The van der Waals surface area contributed by atoms with E-state index in [2.05, 4.69) is 36.1 Å². The Morgan fingerprint density at radius 2 is 2.00 bits per heavy atom. The van der Waals surface area contributed by atoms with E-state index in [-0.39, 0.29) is 6.04 Å². The van der Waals surface area contributed by atoms with Crippen LogP contribution < -0.4 is 10.1 Å². The average molecular weight is 237 g/mol. The molecular formula is C13H23N3O. The molecule has 4 heteroatoms. The quantitative estimate of drug-likeness (QED) is 0.791. The molecule has 0 aliphatic rings. The van der Waals surface area contributed by atoms with Crippen LogP contribution in [0.3, 0.4) is 0 Å². The molecule has 0 spiro atoms. The maximum Gasteiger partial charge on any atom is 0.236 e. The second kappa shape index (κ2) is 7.22. The largest absolute Gasteiger partial charge is 0.480 e. The maximum atomic E-state index is 5.27. The molecule has 1 heterocycles. The normalized spacial score (nSPS) is 12.8. The number of aromatic nitrogens is 2. The minimum atomic E-state index is 0.221. The Kier molecular flexibility index (Phi) is 5.91. The molecule has 1 atom stereocenters. The Labute approximate surface area is 104 Å². The molecule has 0 amide bonds. The maximum absolute atomic E-state index is 5.27. The van der Waals surface area contributed by atoms with E-state index < -0.39 is 0 Å². The molecular weight excluding hydrogens is 214 g/mol. The summed E-state index contributed by atoms with van der Waals surface area (Å²) in [7, 11) is 1.64. The molecule has 0 saturated heterocycles. The van der Waals surface area contributed by atoms with Gasteiger partial charge in [-0.05, 0) is 25.3 Å². The highest BCUT2D eigenvalue weighted by atomic mass is 16.5. The zero-order valence-electron chi connectivity index (χ0n) is 11.2. The summed E-state index contributed by atoms with van der Waals surface area (Å²) in [6.45, 7) is 7.57. The number of nitrogens with zero attached hydrogens (tertiary/aromatic N) is 2. The molecule has 4 nitrogen and oxygen atoms in total. The summed E-state index contributed by atoms with van der Waals surface area (Å²) in [5, 5.41) is 3.51. The molecule has 1 rings (SSSR count). The molecule has 1 aromatic heterocycles. The summed E-state index contributed by atoms with van der Waals surface area (Å²) >= 11 is 0. The van der Waals surface area contributed by atoms with Crippen LogP contribution >= 0.6 is 0 Å². The molecule has 0 aliphatic heterocycles. The third kappa shape index (κ3) is 4.30. The Balaban J connectivity index is 2.86. The Bertz CT molecular complexity index is 328. The van der Waals surface area contributed by atoms with E-state index in [0.29, 0.717) is 11.8 Å². The minimum Gasteiger partial charge on any atom is -0.480 e. The SMILES string of the molecule is CCCNC(CC(C)C)c1nccnc1OC. The van der Waals surface area contributed by atoms with Gasteiger partial charge in [-0.1, -0.05) is 20.8 Å². The predicted octanol–water partition coefficient (Wildman–Crippen LogP) is 2.57. The number of rotatable bonds is 7. The van der Waals surface area contributed by atoms with E-state index in [4.69, 9.17) is 4.74 Å². The highest BCUT2D eigenvalue weighted by Gasteiger charge is 2.18. The summed E-state index contributed by atoms with van der Waals surface area (Å²) in [5.74, 6) is 1.23. The molecule has 0 bridgehead atoms. The van der Waals surface area contributed by atoms with Crippen LogP contribution in [0, 0.1) is 5.92 Å². The van der Waals surface area contributed by atoms with Gasteiger partial charge in [0.2, 0.25) is 5.88 Å². The van der Waals surface area contributed by atoms with Crippen molar-refractivity contribution in [3.8, 4) is 5.88 Å². The molecule has 1 unspecified atom stereocenters. The number of methoxy groups -OCH3 is 1. The average Bonchev–Trinajstić information content (AvgIpc) is 2.34. The van der Waals surface area contributed by atoms with Gasteiger partial charge >= 0.3 is 0 Å². The lowest BCUT2D eigenvalue weighted by Gasteiger charge is -2.21. The second-order valence-electron chi connectivity index (χ2n) is 4.59. The van der Waals surface area contributed by atoms with Crippen molar-refractivity contribution in [2.24, 2.45) is 5.92 Å². The highest BCUT2D eigenvalue weighted by Crippen LogP contribution is 2.25. The van der Waals surface area contributed by atoms with Gasteiger partial charge in [0.25, 0.3) is 0 Å². The van der Waals surface area contributed by atoms with Gasteiger partial charge < -0.3 is 10.1 Å². The van der Waals surface area contributed by atoms with Crippen LogP contribution in [0.15, 0.2) is 12.4 Å². The number of hydrogen-bond acceptors (Lipinski definition) is 4. The lowest BCUT2D eigenvalue weighted by molar-refractivity contribution is 0.361. The highest BCUT2D eigenvalue weighted by molar-refractivity contribution is 5.21. The van der Waals surface area contributed by atoms with Gasteiger partial charge in [-0.3, -0.25) is 4.98 Å². The van der Waals surface area contributed by atoms with Crippen LogP contribution in [0.1, 0.15) is 45.3 Å². The van der Waals surface area contributed by atoms with Crippen LogP contribution in [-0.2, 0) is 0 Å². The molecule has 0 saturated carbocycles. The van der Waals surface area contributed by atoms with E-state index in [1.807, 2.05) is 0 Å². The zero-order chi connectivity index (χ0) is 12.7. The van der Waals surface area contributed by atoms with Crippen molar-refractivity contribution in [1.82, 2.24) is 15.3 Å². The fourth-order valence-electron chi connectivity index (χ4n) is 1.81. The van der Waals surface area contributed by atoms with Crippen molar-refractivity contribution >= 4 is 0 Å². The van der Waals surface area contributed by atoms with Crippen LogP contribution in [0.25, 0.3) is 0 Å². The molecule has 0 aliphatic carbocycles. The molecule has 1 N–H and O–H groups in total. The topological polar surface area (TPSA) is 47.0 Å². The van der Waals surface area contributed by atoms with Gasteiger partial charge in [0.05, 0.1) is 13.2 Å². The fourth-order valence-corrected chi connectivity index (χ4v) is 1.81. The van der Waals surface area contributed by atoms with Crippen LogP contribution in [0.5, 0.6) is 5.88 Å². The van der Waals surface area contributed by atoms with Crippen LogP contribution in [0.4, 0.5) is 0 Å². The van der Waals surface area contributed by atoms with E-state index in [1.54, 1.807) is 19.5 Å². The van der Waals surface area contributed by atoms with Crippen molar-refractivity contribution in [1.29, 1.82) is 0 Å². The van der Waals surface area contributed by atoms with Crippen LogP contribution in [-0.4, -0.2) is 23.6 Å². The monoisotopic (exact) mass is 237 g/mol. The number of ether oxygens (including phenoxy) is 1. The smallest absolute Gasteiger partial charge is 0.236 e. The van der Waals surface area contributed by atoms with Gasteiger partial charge in [0, 0.05) is 12.4 Å². The molecule has 0 fully saturated rings. The fraction of sp³-hybridized carbons (Fsp3) is 0.692. The van der Waals surface area contributed by atoms with Crippen LogP contribution in [0.2, 0.25) is 0 Å². The first-order valence-electron chi connectivity index (χ1n) is 6.27. The van der Waals surface area contributed by atoms with Crippen molar-refractivity contribution in [3.05, 3.63) is 18.1 Å². The molecule has 17 heavy (non-hydrogen) atoms. The van der Waals surface area contributed by atoms with Crippen molar-refractivity contribution in [2.45, 2.75) is 39.7 Å². The molecule has 1 aromatic rings. The first-order chi connectivity index (χ1) is 8.19. The summed E-state index contributed by atoms with van der Waals surface area (Å²) < 4.78 is 5.27. The van der Waals surface area contributed by atoms with Crippen molar-refractivity contribution in [3.63, 3.8) is 0 Å². The van der Waals surface area contributed by atoms with Gasteiger partial charge in [0.1, 0.15) is 5.69 Å². The van der Waals surface area contributed by atoms with E-state index in [9.17, 15) is 0 Å². The minimum absolute atomic E-state index is 0.221. The second-order valence-corrected chi connectivity index (χ2v) is 4.59. The standard InChI is InChI=1S/C13H23N3O/c1-5-6-14-11(9-10(2)3)12-13(17-4)16-8-7-15-12/h7-8,10-11,14H,5-6,9H2,1-4H3. The van der Waals surface area contributed by atoms with Crippen molar-refractivity contribution < 1.29 is 4.74 Å². The van der Waals surface area contributed by atoms with Gasteiger partial charge in [0.15, 0.2) is 0 Å². The predicted molar refractivity (Wildman–Crippen MR) is 69.1 cm³/mol. The molecule has 96 valence electrons. The lowest BCUT2D eigenvalue weighted by Crippen LogP contribution is -2.25. The van der Waals surface area contributed by atoms with E-state index in [1.165, 1.54) is 0 Å². The molecule has 0 radical (unpaired) electrons.